The van der Waals surface area contributed by atoms with Crippen LogP contribution in [0.25, 0.3) is 0 Å². The molecular weight excluding hydrogens is 254 g/mol. The normalized spacial score (nSPS) is 12.4. The van der Waals surface area contributed by atoms with Gasteiger partial charge in [0.1, 0.15) is 0 Å². The van der Waals surface area contributed by atoms with Gasteiger partial charge in [-0.25, -0.2) is 8.42 Å². The molecule has 5 nitrogen and oxygen atoms in total. The summed E-state index contributed by atoms with van der Waals surface area (Å²) in [6, 6.07) is 6.25. The highest BCUT2D eigenvalue weighted by molar-refractivity contribution is 7.91. The quantitative estimate of drug-likeness (QED) is 0.708. The summed E-state index contributed by atoms with van der Waals surface area (Å²) in [5.74, 6) is 0.0603. The van der Waals surface area contributed by atoms with Gasteiger partial charge in [-0.3, -0.25) is 0 Å². The monoisotopic (exact) mass is 273 g/mol. The zero-order valence-corrected chi connectivity index (χ0v) is 11.4. The van der Waals surface area contributed by atoms with E-state index in [0.29, 0.717) is 5.69 Å². The fraction of sp³-hybridized carbons (Fsp3) is 0.500. The van der Waals surface area contributed by atoms with Crippen molar-refractivity contribution in [1.82, 2.24) is 0 Å². The summed E-state index contributed by atoms with van der Waals surface area (Å²) in [7, 11) is -3.20. The van der Waals surface area contributed by atoms with Crippen molar-refractivity contribution in [2.75, 3.05) is 24.3 Å². The number of nitrogens with one attached hydrogen (secondary N) is 1. The molecule has 0 saturated heterocycles. The highest BCUT2D eigenvalue weighted by Crippen LogP contribution is 2.18. The highest BCUT2D eigenvalue weighted by Gasteiger charge is 2.21. The van der Waals surface area contributed by atoms with Crippen LogP contribution < -0.4 is 5.32 Å². The molecule has 0 atom stereocenters. The SMILES string of the molecule is CCS(=O)(=O)c1ccc(NC(C)(CO)CO)cc1. The Labute approximate surface area is 107 Å². The molecule has 1 rings (SSSR count). The van der Waals surface area contributed by atoms with Crippen LogP contribution in [0.3, 0.4) is 0 Å². The number of benzene rings is 1. The zero-order chi connectivity index (χ0) is 13.8. The van der Waals surface area contributed by atoms with Gasteiger partial charge >= 0.3 is 0 Å². The van der Waals surface area contributed by atoms with E-state index in [1.807, 2.05) is 0 Å². The third-order valence-electron chi connectivity index (χ3n) is 2.74. The van der Waals surface area contributed by atoms with Gasteiger partial charge in [-0.2, -0.15) is 0 Å². The van der Waals surface area contributed by atoms with Crippen molar-refractivity contribution in [2.24, 2.45) is 0 Å². The first kappa shape index (κ1) is 14.9. The molecule has 0 unspecified atom stereocenters. The summed E-state index contributed by atoms with van der Waals surface area (Å²) >= 11 is 0. The number of sulfone groups is 1. The Bertz CT molecular complexity index is 477. The Morgan fingerprint density at radius 1 is 1.17 bits per heavy atom. The van der Waals surface area contributed by atoms with Crippen molar-refractivity contribution in [1.29, 1.82) is 0 Å². The fourth-order valence-electron chi connectivity index (χ4n) is 1.39. The van der Waals surface area contributed by atoms with Crippen molar-refractivity contribution in [2.45, 2.75) is 24.3 Å². The average molecular weight is 273 g/mol. The molecule has 0 spiro atoms. The third-order valence-corrected chi connectivity index (χ3v) is 4.49. The molecule has 0 heterocycles. The van der Waals surface area contributed by atoms with Crippen molar-refractivity contribution >= 4 is 15.5 Å². The molecular formula is C12H19NO4S. The molecule has 1 aromatic rings. The van der Waals surface area contributed by atoms with Gasteiger partial charge in [0.05, 0.1) is 29.4 Å². The molecule has 6 heteroatoms. The van der Waals surface area contributed by atoms with Crippen molar-refractivity contribution < 1.29 is 18.6 Å². The predicted octanol–water partition coefficient (Wildman–Crippen LogP) is 0.635. The molecule has 0 radical (unpaired) electrons. The van der Waals surface area contributed by atoms with Crippen molar-refractivity contribution in [3.05, 3.63) is 24.3 Å². The first-order chi connectivity index (χ1) is 8.37. The maximum Gasteiger partial charge on any atom is 0.178 e. The molecule has 18 heavy (non-hydrogen) atoms. The Morgan fingerprint density at radius 3 is 2.06 bits per heavy atom. The lowest BCUT2D eigenvalue weighted by atomic mass is 10.1. The summed E-state index contributed by atoms with van der Waals surface area (Å²) in [4.78, 5) is 0.269. The van der Waals surface area contributed by atoms with Gasteiger partial charge in [0.25, 0.3) is 0 Å². The number of aliphatic hydroxyl groups excluding tert-OH is 2. The van der Waals surface area contributed by atoms with E-state index in [0.717, 1.165) is 0 Å². The van der Waals surface area contributed by atoms with Gasteiger partial charge in [0.2, 0.25) is 0 Å². The van der Waals surface area contributed by atoms with E-state index in [1.165, 1.54) is 12.1 Å². The molecule has 0 amide bonds. The van der Waals surface area contributed by atoms with Gasteiger partial charge in [-0.15, -0.1) is 0 Å². The average Bonchev–Trinajstić information content (AvgIpc) is 2.39. The van der Waals surface area contributed by atoms with E-state index >= 15 is 0 Å². The fourth-order valence-corrected chi connectivity index (χ4v) is 2.27. The standard InChI is InChI=1S/C12H19NO4S/c1-3-18(16,17)11-6-4-10(5-7-11)13-12(2,8-14)9-15/h4-7,13-15H,3,8-9H2,1-2H3. The molecule has 102 valence electrons. The van der Waals surface area contributed by atoms with E-state index in [9.17, 15) is 8.42 Å². The largest absolute Gasteiger partial charge is 0.394 e. The molecule has 0 fully saturated rings. The van der Waals surface area contributed by atoms with Crippen LogP contribution in [-0.2, 0) is 9.84 Å². The summed E-state index contributed by atoms with van der Waals surface area (Å²) < 4.78 is 23.2. The van der Waals surface area contributed by atoms with Crippen LogP contribution in [-0.4, -0.2) is 43.1 Å². The Hall–Kier alpha value is -1.11. The lowest BCUT2D eigenvalue weighted by Crippen LogP contribution is -2.42. The number of hydrogen-bond acceptors (Lipinski definition) is 5. The number of aliphatic hydroxyl groups is 2. The molecule has 0 aliphatic heterocycles. The minimum atomic E-state index is -3.20. The van der Waals surface area contributed by atoms with E-state index in [-0.39, 0.29) is 23.9 Å². The summed E-state index contributed by atoms with van der Waals surface area (Å²) in [6.45, 7) is 2.82. The predicted molar refractivity (Wildman–Crippen MR) is 70.4 cm³/mol. The van der Waals surface area contributed by atoms with Crippen LogP contribution in [0.2, 0.25) is 0 Å². The van der Waals surface area contributed by atoms with Gasteiger partial charge in [-0.05, 0) is 31.2 Å². The van der Waals surface area contributed by atoms with Crippen LogP contribution in [0.1, 0.15) is 13.8 Å². The van der Waals surface area contributed by atoms with E-state index < -0.39 is 15.4 Å². The van der Waals surface area contributed by atoms with Crippen LogP contribution in [0.5, 0.6) is 0 Å². The number of anilines is 1. The molecule has 0 aliphatic carbocycles. The van der Waals surface area contributed by atoms with Crippen LogP contribution in [0.15, 0.2) is 29.2 Å². The first-order valence-electron chi connectivity index (χ1n) is 5.69. The van der Waals surface area contributed by atoms with E-state index in [4.69, 9.17) is 10.2 Å². The minimum absolute atomic E-state index is 0.0603. The molecule has 0 aliphatic rings. The molecule has 0 saturated carbocycles. The van der Waals surface area contributed by atoms with Crippen LogP contribution in [0.4, 0.5) is 5.69 Å². The third kappa shape index (κ3) is 3.44. The van der Waals surface area contributed by atoms with E-state index in [1.54, 1.807) is 26.0 Å². The lowest BCUT2D eigenvalue weighted by molar-refractivity contribution is 0.147. The Morgan fingerprint density at radius 2 is 1.67 bits per heavy atom. The number of rotatable bonds is 6. The topological polar surface area (TPSA) is 86.6 Å². The first-order valence-corrected chi connectivity index (χ1v) is 7.35. The Kier molecular flexibility index (Phi) is 4.72. The maximum atomic E-state index is 11.6. The second-order valence-electron chi connectivity index (χ2n) is 4.43. The van der Waals surface area contributed by atoms with Gasteiger partial charge in [0, 0.05) is 5.69 Å². The van der Waals surface area contributed by atoms with Gasteiger partial charge < -0.3 is 15.5 Å². The van der Waals surface area contributed by atoms with Crippen molar-refractivity contribution in [3.63, 3.8) is 0 Å². The second-order valence-corrected chi connectivity index (χ2v) is 6.71. The molecule has 0 aromatic heterocycles. The smallest absolute Gasteiger partial charge is 0.178 e. The van der Waals surface area contributed by atoms with Crippen LogP contribution in [0, 0.1) is 0 Å². The van der Waals surface area contributed by atoms with E-state index in [2.05, 4.69) is 5.32 Å². The Balaban J connectivity index is 2.91. The van der Waals surface area contributed by atoms with Crippen LogP contribution >= 0.6 is 0 Å². The molecule has 0 bridgehead atoms. The van der Waals surface area contributed by atoms with Gasteiger partial charge in [-0.1, -0.05) is 6.92 Å². The zero-order valence-electron chi connectivity index (χ0n) is 10.5. The maximum absolute atomic E-state index is 11.6. The molecule has 3 N–H and O–H groups in total. The summed E-state index contributed by atoms with van der Waals surface area (Å²) in [5, 5.41) is 21.3. The summed E-state index contributed by atoms with van der Waals surface area (Å²) in [5.41, 5.74) is -0.179. The summed E-state index contributed by atoms with van der Waals surface area (Å²) in [6.07, 6.45) is 0. The second kappa shape index (κ2) is 5.69. The highest BCUT2D eigenvalue weighted by atomic mass is 32.2. The molecule has 1 aromatic carbocycles. The number of hydrogen-bond donors (Lipinski definition) is 3. The van der Waals surface area contributed by atoms with Crippen molar-refractivity contribution in [3.8, 4) is 0 Å². The van der Waals surface area contributed by atoms with Gasteiger partial charge in [0.15, 0.2) is 9.84 Å². The minimum Gasteiger partial charge on any atom is -0.394 e. The lowest BCUT2D eigenvalue weighted by Gasteiger charge is -2.27.